The minimum atomic E-state index is -4.04. The van der Waals surface area contributed by atoms with E-state index < -0.39 is 27.9 Å². The van der Waals surface area contributed by atoms with Gasteiger partial charge in [0, 0.05) is 16.0 Å². The van der Waals surface area contributed by atoms with E-state index in [4.69, 9.17) is 5.73 Å². The lowest BCUT2D eigenvalue weighted by molar-refractivity contribution is -0.137. The fraction of sp³-hybridized carbons (Fsp3) is 0.273. The van der Waals surface area contributed by atoms with Gasteiger partial charge < -0.3 is 5.73 Å². The number of rotatable bonds is 3. The largest absolute Gasteiger partial charge is 0.398 e. The first-order chi connectivity index (χ1) is 9.63. The number of sulfonamides is 1. The molecule has 0 aliphatic carbocycles. The first-order valence-electron chi connectivity index (χ1n) is 5.70. The molecule has 0 bridgehead atoms. The Kier molecular flexibility index (Phi) is 4.43. The van der Waals surface area contributed by atoms with Crippen LogP contribution >= 0.6 is 31.9 Å². The Balaban J connectivity index is 2.37. The molecule has 114 valence electrons. The van der Waals surface area contributed by atoms with Crippen molar-refractivity contribution >= 4 is 59.4 Å². The quantitative estimate of drug-likeness (QED) is 0.534. The number of likely N-dealkylation sites (N-methyl/N-ethyl adjacent to an activating group) is 1. The molecule has 0 aromatic heterocycles. The molecule has 10 heteroatoms. The van der Waals surface area contributed by atoms with Gasteiger partial charge in [0.1, 0.15) is 10.9 Å². The fourth-order valence-corrected chi connectivity index (χ4v) is 5.22. The molecule has 2 rings (SSSR count). The minimum Gasteiger partial charge on any atom is -0.398 e. The highest BCUT2D eigenvalue weighted by molar-refractivity contribution is 9.11. The number of likely N-dealkylation sites (tertiary alicyclic amines) is 1. The number of halogens is 2. The monoisotopic (exact) mass is 439 g/mol. The van der Waals surface area contributed by atoms with Crippen LogP contribution < -0.4 is 10.5 Å². The minimum absolute atomic E-state index is 0.0221. The lowest BCUT2D eigenvalue weighted by Gasteiger charge is -2.14. The molecule has 21 heavy (non-hydrogen) atoms. The van der Waals surface area contributed by atoms with Crippen LogP contribution in [0.3, 0.4) is 0 Å². The van der Waals surface area contributed by atoms with Crippen molar-refractivity contribution in [2.24, 2.45) is 0 Å². The Labute approximate surface area is 138 Å². The number of amides is 2. The number of nitrogen functional groups attached to an aromatic ring is 1. The highest BCUT2D eigenvalue weighted by Gasteiger charge is 2.39. The molecule has 2 amide bonds. The van der Waals surface area contributed by atoms with Crippen LogP contribution in [-0.2, 0) is 19.6 Å². The molecule has 1 heterocycles. The molecule has 1 fully saturated rings. The molecule has 1 aromatic rings. The Hall–Kier alpha value is -0.970. The van der Waals surface area contributed by atoms with E-state index in [2.05, 4.69) is 36.6 Å². The summed E-state index contributed by atoms with van der Waals surface area (Å²) in [5.74, 6) is -1.02. The highest BCUT2D eigenvalue weighted by atomic mass is 79.9. The van der Waals surface area contributed by atoms with Crippen molar-refractivity contribution in [3.63, 3.8) is 0 Å². The van der Waals surface area contributed by atoms with Gasteiger partial charge in [-0.3, -0.25) is 14.5 Å². The predicted octanol–water partition coefficient (Wildman–Crippen LogP) is 0.829. The summed E-state index contributed by atoms with van der Waals surface area (Å²) in [4.78, 5) is 23.9. The summed E-state index contributed by atoms with van der Waals surface area (Å²) in [6.07, 6.45) is -0.206. The van der Waals surface area contributed by atoms with Crippen LogP contribution in [0.25, 0.3) is 0 Å². The van der Waals surface area contributed by atoms with Crippen molar-refractivity contribution in [1.29, 1.82) is 0 Å². The summed E-state index contributed by atoms with van der Waals surface area (Å²) in [6.45, 7) is 0. The van der Waals surface area contributed by atoms with Gasteiger partial charge in [-0.15, -0.1) is 0 Å². The number of nitrogens with one attached hydrogen (secondary N) is 1. The smallest absolute Gasteiger partial charge is 0.247 e. The molecule has 1 aliphatic heterocycles. The molecule has 7 nitrogen and oxygen atoms in total. The molecule has 1 aromatic carbocycles. The van der Waals surface area contributed by atoms with Crippen LogP contribution in [0.2, 0.25) is 0 Å². The summed E-state index contributed by atoms with van der Waals surface area (Å²) in [7, 11) is -2.74. The zero-order valence-corrected chi connectivity index (χ0v) is 14.7. The van der Waals surface area contributed by atoms with Crippen LogP contribution in [-0.4, -0.2) is 38.2 Å². The van der Waals surface area contributed by atoms with Gasteiger partial charge in [0.2, 0.25) is 21.8 Å². The van der Waals surface area contributed by atoms with E-state index in [0.29, 0.717) is 4.47 Å². The van der Waals surface area contributed by atoms with Gasteiger partial charge in [-0.25, -0.2) is 8.42 Å². The van der Waals surface area contributed by atoms with Gasteiger partial charge in [-0.1, -0.05) is 15.9 Å². The Morgan fingerprint density at radius 2 is 1.95 bits per heavy atom. The third kappa shape index (κ3) is 3.12. The van der Waals surface area contributed by atoms with E-state index in [1.807, 2.05) is 0 Å². The third-order valence-corrected chi connectivity index (χ3v) is 5.92. The molecule has 0 radical (unpaired) electrons. The van der Waals surface area contributed by atoms with E-state index in [9.17, 15) is 18.0 Å². The van der Waals surface area contributed by atoms with Crippen molar-refractivity contribution in [1.82, 2.24) is 9.62 Å². The molecular weight excluding hydrogens is 430 g/mol. The number of nitrogens with zero attached hydrogens (tertiary/aromatic N) is 1. The standard InChI is InChI=1S/C11H11Br2N3O4S/c1-16-9(17)4-8(11(16)18)15-21(19,20)10-6(13)2-5(12)3-7(10)14/h2-3,8,15H,4,14H2,1H3. The molecule has 1 unspecified atom stereocenters. The van der Waals surface area contributed by atoms with E-state index in [1.54, 1.807) is 0 Å². The molecule has 3 N–H and O–H groups in total. The van der Waals surface area contributed by atoms with Crippen LogP contribution in [0.5, 0.6) is 0 Å². The lowest BCUT2D eigenvalue weighted by Crippen LogP contribution is -2.40. The van der Waals surface area contributed by atoms with E-state index in [0.717, 1.165) is 4.90 Å². The third-order valence-electron chi connectivity index (χ3n) is 2.98. The molecule has 1 atom stereocenters. The number of benzene rings is 1. The molecular formula is C11H11Br2N3O4S. The second-order valence-corrected chi connectivity index (χ2v) is 7.90. The predicted molar refractivity (Wildman–Crippen MR) is 82.8 cm³/mol. The van der Waals surface area contributed by atoms with Gasteiger partial charge in [0.25, 0.3) is 0 Å². The van der Waals surface area contributed by atoms with Gasteiger partial charge in [-0.2, -0.15) is 4.72 Å². The second kappa shape index (κ2) is 5.67. The maximum atomic E-state index is 12.4. The number of anilines is 1. The topological polar surface area (TPSA) is 110 Å². The van der Waals surface area contributed by atoms with Crippen LogP contribution in [0.4, 0.5) is 5.69 Å². The highest BCUT2D eigenvalue weighted by Crippen LogP contribution is 2.32. The number of carbonyl (C=O) groups is 2. The first kappa shape index (κ1) is 16.4. The van der Waals surface area contributed by atoms with Crippen LogP contribution in [0, 0.1) is 0 Å². The fourth-order valence-electron chi connectivity index (χ4n) is 1.96. The van der Waals surface area contributed by atoms with Crippen molar-refractivity contribution in [3.05, 3.63) is 21.1 Å². The van der Waals surface area contributed by atoms with E-state index in [1.165, 1.54) is 19.2 Å². The normalized spacial score (nSPS) is 19.4. The van der Waals surface area contributed by atoms with Crippen LogP contribution in [0.15, 0.2) is 26.0 Å². The zero-order chi connectivity index (χ0) is 15.9. The Morgan fingerprint density at radius 3 is 2.43 bits per heavy atom. The maximum Gasteiger partial charge on any atom is 0.247 e. The summed E-state index contributed by atoms with van der Waals surface area (Å²) >= 11 is 6.33. The van der Waals surface area contributed by atoms with E-state index in [-0.39, 0.29) is 21.5 Å². The molecule has 0 saturated carbocycles. The van der Waals surface area contributed by atoms with Crippen LogP contribution in [0.1, 0.15) is 6.42 Å². The van der Waals surface area contributed by atoms with Crippen molar-refractivity contribution in [2.75, 3.05) is 12.8 Å². The number of imide groups is 1. The van der Waals surface area contributed by atoms with E-state index >= 15 is 0 Å². The lowest BCUT2D eigenvalue weighted by atomic mass is 10.3. The second-order valence-electron chi connectivity index (χ2n) is 4.47. The summed E-state index contributed by atoms with van der Waals surface area (Å²) in [5, 5.41) is 0. The summed E-state index contributed by atoms with van der Waals surface area (Å²) < 4.78 is 27.8. The first-order valence-corrected chi connectivity index (χ1v) is 8.77. The molecule has 0 spiro atoms. The van der Waals surface area contributed by atoms with Gasteiger partial charge in [-0.05, 0) is 28.1 Å². The average molecular weight is 441 g/mol. The summed E-state index contributed by atoms with van der Waals surface area (Å²) in [5.41, 5.74) is 5.75. The molecule has 1 saturated heterocycles. The Bertz CT molecular complexity index is 712. The molecule has 1 aliphatic rings. The number of hydrogen-bond acceptors (Lipinski definition) is 5. The number of carbonyl (C=O) groups excluding carboxylic acids is 2. The zero-order valence-electron chi connectivity index (χ0n) is 10.8. The van der Waals surface area contributed by atoms with Gasteiger partial charge in [0.15, 0.2) is 0 Å². The van der Waals surface area contributed by atoms with Crippen molar-refractivity contribution in [3.8, 4) is 0 Å². The van der Waals surface area contributed by atoms with Crippen molar-refractivity contribution in [2.45, 2.75) is 17.4 Å². The summed E-state index contributed by atoms with van der Waals surface area (Å²) in [6, 6.07) is 1.86. The SMILES string of the molecule is CN1C(=O)CC(NS(=O)(=O)c2c(N)cc(Br)cc2Br)C1=O. The maximum absolute atomic E-state index is 12.4. The average Bonchev–Trinajstić information content (AvgIpc) is 2.54. The van der Waals surface area contributed by atoms with Gasteiger partial charge >= 0.3 is 0 Å². The van der Waals surface area contributed by atoms with Gasteiger partial charge in [0.05, 0.1) is 12.1 Å². The van der Waals surface area contributed by atoms with Crippen molar-refractivity contribution < 1.29 is 18.0 Å². The Morgan fingerprint density at radius 1 is 1.33 bits per heavy atom. The number of hydrogen-bond donors (Lipinski definition) is 2. The number of nitrogens with two attached hydrogens (primary N) is 1.